The molecule has 4 heteroatoms. The number of ether oxygens (including phenoxy) is 1. The molecule has 4 nitrogen and oxygen atoms in total. The summed E-state index contributed by atoms with van der Waals surface area (Å²) < 4.78 is 5.67. The predicted molar refractivity (Wildman–Crippen MR) is 79.7 cm³/mol. The van der Waals surface area contributed by atoms with Crippen molar-refractivity contribution in [2.45, 2.75) is 38.5 Å². The lowest BCUT2D eigenvalue weighted by atomic mass is 10.1. The highest BCUT2D eigenvalue weighted by Gasteiger charge is 2.21. The van der Waals surface area contributed by atoms with Gasteiger partial charge in [-0.1, -0.05) is 12.1 Å². The molecule has 0 spiro atoms. The van der Waals surface area contributed by atoms with Gasteiger partial charge < -0.3 is 15.0 Å². The van der Waals surface area contributed by atoms with Crippen LogP contribution in [0.3, 0.4) is 0 Å². The predicted octanol–water partition coefficient (Wildman–Crippen LogP) is 2.05. The van der Waals surface area contributed by atoms with Gasteiger partial charge in [-0.3, -0.25) is 4.79 Å². The molecule has 0 radical (unpaired) electrons. The van der Waals surface area contributed by atoms with Crippen molar-refractivity contribution in [3.63, 3.8) is 0 Å². The molecule has 0 aromatic heterocycles. The van der Waals surface area contributed by atoms with E-state index < -0.39 is 0 Å². The van der Waals surface area contributed by atoms with Gasteiger partial charge in [0.2, 0.25) is 0 Å². The molecule has 1 aromatic carbocycles. The van der Waals surface area contributed by atoms with Crippen molar-refractivity contribution in [2.24, 2.45) is 0 Å². The van der Waals surface area contributed by atoms with Crippen LogP contribution in [-0.2, 0) is 11.3 Å². The molecule has 1 saturated heterocycles. The zero-order valence-electron chi connectivity index (χ0n) is 12.6. The fraction of sp³-hybridized carbons (Fsp3) is 0.562. The Hall–Kier alpha value is -1.39. The summed E-state index contributed by atoms with van der Waals surface area (Å²) >= 11 is 0. The summed E-state index contributed by atoms with van der Waals surface area (Å²) in [4.78, 5) is 13.5. The molecule has 0 saturated carbocycles. The molecule has 1 aliphatic heterocycles. The topological polar surface area (TPSA) is 41.6 Å². The fourth-order valence-electron chi connectivity index (χ4n) is 2.48. The highest BCUT2D eigenvalue weighted by atomic mass is 16.5. The van der Waals surface area contributed by atoms with Gasteiger partial charge in [0, 0.05) is 38.9 Å². The monoisotopic (exact) mass is 276 g/mol. The van der Waals surface area contributed by atoms with E-state index in [4.69, 9.17) is 4.74 Å². The molecule has 1 amide bonds. The third-order valence-corrected chi connectivity index (χ3v) is 3.73. The first kappa shape index (κ1) is 15.0. The molecule has 1 aromatic rings. The lowest BCUT2D eigenvalue weighted by Crippen LogP contribution is -2.36. The Kier molecular flexibility index (Phi) is 5.15. The second-order valence-corrected chi connectivity index (χ2v) is 5.62. The largest absolute Gasteiger partial charge is 0.377 e. The molecule has 0 unspecified atom stereocenters. The van der Waals surface area contributed by atoms with Crippen molar-refractivity contribution < 1.29 is 9.53 Å². The van der Waals surface area contributed by atoms with Crippen LogP contribution in [0.15, 0.2) is 24.3 Å². The molecule has 1 aliphatic rings. The minimum absolute atomic E-state index is 0.0408. The Morgan fingerprint density at radius 2 is 2.30 bits per heavy atom. The number of carbonyl (C=O) groups is 1. The summed E-state index contributed by atoms with van der Waals surface area (Å²) in [6.07, 6.45) is 2.61. The van der Waals surface area contributed by atoms with E-state index in [-0.39, 0.29) is 5.91 Å². The molecule has 1 N–H and O–H groups in total. The van der Waals surface area contributed by atoms with Crippen LogP contribution in [0.25, 0.3) is 0 Å². The molecule has 1 fully saturated rings. The maximum atomic E-state index is 11.9. The van der Waals surface area contributed by atoms with Gasteiger partial charge in [0.05, 0.1) is 6.10 Å². The van der Waals surface area contributed by atoms with E-state index in [9.17, 15) is 4.79 Å². The smallest absolute Gasteiger partial charge is 0.253 e. The first-order valence-corrected chi connectivity index (χ1v) is 7.23. The van der Waals surface area contributed by atoms with Crippen LogP contribution in [0.4, 0.5) is 0 Å². The summed E-state index contributed by atoms with van der Waals surface area (Å²) in [7, 11) is 3.54. The SMILES string of the molecule is C[C@@H](NCc1cccc(C(=O)N(C)C)c1)[C@@H]1CCCO1. The summed E-state index contributed by atoms with van der Waals surface area (Å²) in [6.45, 7) is 3.80. The Bertz CT molecular complexity index is 454. The minimum atomic E-state index is 0.0408. The van der Waals surface area contributed by atoms with E-state index >= 15 is 0 Å². The van der Waals surface area contributed by atoms with Gasteiger partial charge >= 0.3 is 0 Å². The number of amides is 1. The zero-order chi connectivity index (χ0) is 14.5. The van der Waals surface area contributed by atoms with Crippen LogP contribution in [0.2, 0.25) is 0 Å². The second-order valence-electron chi connectivity index (χ2n) is 5.62. The first-order valence-electron chi connectivity index (χ1n) is 7.23. The Labute approximate surface area is 121 Å². The molecule has 2 atom stereocenters. The van der Waals surface area contributed by atoms with Crippen LogP contribution in [-0.4, -0.2) is 43.7 Å². The molecule has 1 heterocycles. The van der Waals surface area contributed by atoms with Crippen molar-refractivity contribution in [1.29, 1.82) is 0 Å². The van der Waals surface area contributed by atoms with E-state index in [2.05, 4.69) is 12.2 Å². The number of hydrogen-bond acceptors (Lipinski definition) is 3. The van der Waals surface area contributed by atoms with E-state index in [0.29, 0.717) is 12.1 Å². The molecule has 2 rings (SSSR count). The van der Waals surface area contributed by atoms with Gasteiger partial charge in [0.25, 0.3) is 5.91 Å². The van der Waals surface area contributed by atoms with Gasteiger partial charge in [0.15, 0.2) is 0 Å². The van der Waals surface area contributed by atoms with Gasteiger partial charge in [0.1, 0.15) is 0 Å². The van der Waals surface area contributed by atoms with Crippen molar-refractivity contribution >= 4 is 5.91 Å². The number of hydrogen-bond donors (Lipinski definition) is 1. The number of nitrogens with zero attached hydrogens (tertiary/aromatic N) is 1. The fourth-order valence-corrected chi connectivity index (χ4v) is 2.48. The van der Waals surface area contributed by atoms with Gasteiger partial charge in [-0.2, -0.15) is 0 Å². The zero-order valence-corrected chi connectivity index (χ0v) is 12.6. The molecule has 110 valence electrons. The van der Waals surface area contributed by atoms with Crippen molar-refractivity contribution in [2.75, 3.05) is 20.7 Å². The minimum Gasteiger partial charge on any atom is -0.377 e. The molecule has 0 aliphatic carbocycles. The average molecular weight is 276 g/mol. The van der Waals surface area contributed by atoms with Crippen molar-refractivity contribution in [3.05, 3.63) is 35.4 Å². The molecular formula is C16H24N2O2. The lowest BCUT2D eigenvalue weighted by molar-refractivity contribution is 0.0823. The van der Waals surface area contributed by atoms with E-state index in [1.807, 2.05) is 24.3 Å². The maximum Gasteiger partial charge on any atom is 0.253 e. The van der Waals surface area contributed by atoms with Crippen LogP contribution < -0.4 is 5.32 Å². The normalized spacial score (nSPS) is 19.9. The van der Waals surface area contributed by atoms with Crippen molar-refractivity contribution in [1.82, 2.24) is 10.2 Å². The van der Waals surface area contributed by atoms with Crippen molar-refractivity contribution in [3.8, 4) is 0 Å². The van der Waals surface area contributed by atoms with Gasteiger partial charge in [-0.25, -0.2) is 0 Å². The first-order chi connectivity index (χ1) is 9.58. The quantitative estimate of drug-likeness (QED) is 0.895. The van der Waals surface area contributed by atoms with Crippen LogP contribution in [0.5, 0.6) is 0 Å². The van der Waals surface area contributed by atoms with Crippen LogP contribution >= 0.6 is 0 Å². The van der Waals surface area contributed by atoms with Crippen LogP contribution in [0, 0.1) is 0 Å². The molecule has 20 heavy (non-hydrogen) atoms. The highest BCUT2D eigenvalue weighted by Crippen LogP contribution is 2.16. The molecule has 0 bridgehead atoms. The number of nitrogens with one attached hydrogen (secondary N) is 1. The highest BCUT2D eigenvalue weighted by molar-refractivity contribution is 5.94. The number of carbonyl (C=O) groups excluding carboxylic acids is 1. The summed E-state index contributed by atoms with van der Waals surface area (Å²) in [5, 5.41) is 3.49. The van der Waals surface area contributed by atoms with E-state index in [1.165, 1.54) is 0 Å². The number of benzene rings is 1. The Morgan fingerprint density at radius 1 is 1.50 bits per heavy atom. The lowest BCUT2D eigenvalue weighted by Gasteiger charge is -2.20. The van der Waals surface area contributed by atoms with Gasteiger partial charge in [-0.15, -0.1) is 0 Å². The maximum absolute atomic E-state index is 11.9. The Balaban J connectivity index is 1.92. The third-order valence-electron chi connectivity index (χ3n) is 3.73. The standard InChI is InChI=1S/C16H24N2O2/c1-12(15-8-5-9-20-15)17-11-13-6-4-7-14(10-13)16(19)18(2)3/h4,6-7,10,12,15,17H,5,8-9,11H2,1-3H3/t12-,15+/m1/s1. The summed E-state index contributed by atoms with van der Waals surface area (Å²) in [6, 6.07) is 8.13. The Morgan fingerprint density at radius 3 is 2.95 bits per heavy atom. The van der Waals surface area contributed by atoms with E-state index in [0.717, 1.165) is 37.1 Å². The van der Waals surface area contributed by atoms with Crippen LogP contribution in [0.1, 0.15) is 35.7 Å². The second kappa shape index (κ2) is 6.86. The molecular weight excluding hydrogens is 252 g/mol. The average Bonchev–Trinajstić information content (AvgIpc) is 2.98. The van der Waals surface area contributed by atoms with E-state index in [1.54, 1.807) is 19.0 Å². The van der Waals surface area contributed by atoms with Gasteiger partial charge in [-0.05, 0) is 37.5 Å². The summed E-state index contributed by atoms with van der Waals surface area (Å²) in [5.41, 5.74) is 1.86. The third kappa shape index (κ3) is 3.81. The number of rotatable bonds is 5. The summed E-state index contributed by atoms with van der Waals surface area (Å²) in [5.74, 6) is 0.0408.